The van der Waals surface area contributed by atoms with Crippen molar-refractivity contribution in [2.45, 2.75) is 33.1 Å². The number of methoxy groups -OCH3 is 1. The number of nitrogens with zero attached hydrogens (tertiary/aromatic N) is 3. The molecular formula is C13H19N5O3. The van der Waals surface area contributed by atoms with Crippen molar-refractivity contribution in [2.75, 3.05) is 12.4 Å². The van der Waals surface area contributed by atoms with Crippen molar-refractivity contribution in [3.8, 4) is 5.88 Å². The summed E-state index contributed by atoms with van der Waals surface area (Å²) >= 11 is 0. The Hall–Kier alpha value is -2.38. The Morgan fingerprint density at radius 2 is 2.33 bits per heavy atom. The van der Waals surface area contributed by atoms with E-state index in [0.717, 1.165) is 12.2 Å². The standard InChI is InChI=1S/C13H19N5O3/c1-8(2)6-10-14-13(17-16-10)15-11(19)5-4-9-7-12(20-3)18-21-9/h7-8H,4-6H2,1-3H3,(H2,14,15,16,17,19). The van der Waals surface area contributed by atoms with Crippen molar-refractivity contribution in [2.24, 2.45) is 5.92 Å². The van der Waals surface area contributed by atoms with Crippen LogP contribution in [0.1, 0.15) is 31.9 Å². The first-order chi connectivity index (χ1) is 10.1. The lowest BCUT2D eigenvalue weighted by molar-refractivity contribution is -0.116. The molecule has 0 atom stereocenters. The van der Waals surface area contributed by atoms with Crippen LogP contribution in [0, 0.1) is 5.92 Å². The number of anilines is 1. The van der Waals surface area contributed by atoms with Crippen molar-refractivity contribution in [1.82, 2.24) is 20.3 Å². The van der Waals surface area contributed by atoms with E-state index in [1.807, 2.05) is 0 Å². The first-order valence-corrected chi connectivity index (χ1v) is 6.77. The summed E-state index contributed by atoms with van der Waals surface area (Å²) in [6.45, 7) is 4.18. The minimum atomic E-state index is -0.180. The van der Waals surface area contributed by atoms with E-state index in [-0.39, 0.29) is 12.3 Å². The minimum absolute atomic E-state index is 0.180. The number of aryl methyl sites for hydroxylation is 1. The summed E-state index contributed by atoms with van der Waals surface area (Å²) < 4.78 is 9.91. The van der Waals surface area contributed by atoms with E-state index in [2.05, 4.69) is 39.5 Å². The second kappa shape index (κ2) is 6.87. The molecule has 0 aliphatic carbocycles. The van der Waals surface area contributed by atoms with Gasteiger partial charge in [-0.15, -0.1) is 5.10 Å². The third-order valence-electron chi connectivity index (χ3n) is 2.73. The number of rotatable bonds is 7. The maximum atomic E-state index is 11.8. The predicted octanol–water partition coefficient (Wildman–Crippen LogP) is 1.57. The topological polar surface area (TPSA) is 106 Å². The average molecular weight is 293 g/mol. The number of aromatic amines is 1. The summed E-state index contributed by atoms with van der Waals surface area (Å²) in [4.78, 5) is 16.0. The Bertz CT molecular complexity index is 590. The Kier molecular flexibility index (Phi) is 4.91. The second-order valence-electron chi connectivity index (χ2n) is 5.09. The third kappa shape index (κ3) is 4.59. The lowest BCUT2D eigenvalue weighted by Gasteiger charge is -1.99. The SMILES string of the molecule is COc1cc(CCC(=O)Nc2n[nH]c(CC(C)C)n2)on1. The van der Waals surface area contributed by atoms with Crippen molar-refractivity contribution < 1.29 is 14.1 Å². The fourth-order valence-corrected chi connectivity index (χ4v) is 1.76. The molecule has 21 heavy (non-hydrogen) atoms. The van der Waals surface area contributed by atoms with Gasteiger partial charge in [0.2, 0.25) is 11.9 Å². The molecule has 0 fully saturated rings. The number of aromatic nitrogens is 4. The first kappa shape index (κ1) is 15.0. The predicted molar refractivity (Wildman–Crippen MR) is 74.9 cm³/mol. The average Bonchev–Trinajstić information content (AvgIpc) is 3.05. The largest absolute Gasteiger partial charge is 0.479 e. The van der Waals surface area contributed by atoms with Gasteiger partial charge in [-0.25, -0.2) is 0 Å². The zero-order chi connectivity index (χ0) is 15.2. The van der Waals surface area contributed by atoms with E-state index < -0.39 is 0 Å². The Morgan fingerprint density at radius 3 is 3.00 bits per heavy atom. The summed E-state index contributed by atoms with van der Waals surface area (Å²) in [7, 11) is 1.51. The first-order valence-electron chi connectivity index (χ1n) is 6.77. The maximum Gasteiger partial charge on any atom is 0.254 e. The van der Waals surface area contributed by atoms with E-state index in [4.69, 9.17) is 9.26 Å². The van der Waals surface area contributed by atoms with Gasteiger partial charge in [0.1, 0.15) is 11.6 Å². The molecule has 0 aliphatic heterocycles. The van der Waals surface area contributed by atoms with Crippen LogP contribution >= 0.6 is 0 Å². The van der Waals surface area contributed by atoms with Crippen LogP contribution in [-0.4, -0.2) is 33.4 Å². The van der Waals surface area contributed by atoms with Crippen molar-refractivity contribution >= 4 is 11.9 Å². The fraction of sp³-hybridized carbons (Fsp3) is 0.538. The number of amides is 1. The normalized spacial score (nSPS) is 10.9. The molecule has 0 unspecified atom stereocenters. The van der Waals surface area contributed by atoms with Crippen molar-refractivity contribution in [1.29, 1.82) is 0 Å². The molecule has 0 aromatic carbocycles. The van der Waals surface area contributed by atoms with E-state index in [1.54, 1.807) is 6.07 Å². The molecule has 2 aromatic heterocycles. The lowest BCUT2D eigenvalue weighted by Crippen LogP contribution is -2.13. The molecule has 1 amide bonds. The number of hydrogen-bond acceptors (Lipinski definition) is 6. The number of nitrogens with one attached hydrogen (secondary N) is 2. The summed E-state index contributed by atoms with van der Waals surface area (Å²) in [5, 5.41) is 13.1. The van der Waals surface area contributed by atoms with Gasteiger partial charge >= 0.3 is 0 Å². The summed E-state index contributed by atoms with van der Waals surface area (Å²) in [6, 6.07) is 1.65. The molecule has 8 nitrogen and oxygen atoms in total. The van der Waals surface area contributed by atoms with Gasteiger partial charge in [0.05, 0.1) is 7.11 Å². The van der Waals surface area contributed by atoms with Gasteiger partial charge in [-0.05, 0) is 11.1 Å². The highest BCUT2D eigenvalue weighted by atomic mass is 16.5. The third-order valence-corrected chi connectivity index (χ3v) is 2.73. The fourth-order valence-electron chi connectivity index (χ4n) is 1.76. The molecule has 0 saturated heterocycles. The molecule has 2 rings (SSSR count). The Labute approximate surface area is 122 Å². The summed E-state index contributed by atoms with van der Waals surface area (Å²) in [6.07, 6.45) is 1.48. The Balaban J connectivity index is 1.80. The number of ether oxygens (including phenoxy) is 1. The molecule has 2 N–H and O–H groups in total. The Morgan fingerprint density at radius 1 is 1.52 bits per heavy atom. The minimum Gasteiger partial charge on any atom is -0.479 e. The smallest absolute Gasteiger partial charge is 0.254 e. The highest BCUT2D eigenvalue weighted by molar-refractivity contribution is 5.88. The van der Waals surface area contributed by atoms with Gasteiger partial charge < -0.3 is 9.26 Å². The van der Waals surface area contributed by atoms with Crippen LogP contribution in [0.15, 0.2) is 10.6 Å². The molecule has 2 aromatic rings. The van der Waals surface area contributed by atoms with Gasteiger partial charge in [-0.3, -0.25) is 15.2 Å². The molecule has 114 valence electrons. The lowest BCUT2D eigenvalue weighted by atomic mass is 10.1. The number of carbonyl (C=O) groups is 1. The summed E-state index contributed by atoms with van der Waals surface area (Å²) in [5.74, 6) is 2.35. The van der Waals surface area contributed by atoms with Gasteiger partial charge in [0, 0.05) is 25.3 Å². The van der Waals surface area contributed by atoms with E-state index in [9.17, 15) is 4.79 Å². The van der Waals surface area contributed by atoms with E-state index >= 15 is 0 Å². The second-order valence-corrected chi connectivity index (χ2v) is 5.09. The zero-order valence-electron chi connectivity index (χ0n) is 12.3. The van der Waals surface area contributed by atoms with Crippen molar-refractivity contribution in [3.63, 3.8) is 0 Å². The van der Waals surface area contributed by atoms with E-state index in [0.29, 0.717) is 29.9 Å². The maximum absolute atomic E-state index is 11.8. The monoisotopic (exact) mass is 293 g/mol. The van der Waals surface area contributed by atoms with Crippen LogP contribution in [0.2, 0.25) is 0 Å². The van der Waals surface area contributed by atoms with Gasteiger partial charge in [-0.1, -0.05) is 13.8 Å². The van der Waals surface area contributed by atoms with Crippen LogP contribution < -0.4 is 10.1 Å². The highest BCUT2D eigenvalue weighted by Crippen LogP contribution is 2.12. The molecule has 0 radical (unpaired) electrons. The number of hydrogen-bond donors (Lipinski definition) is 2. The molecule has 0 spiro atoms. The van der Waals surface area contributed by atoms with Crippen LogP contribution in [0.4, 0.5) is 5.95 Å². The highest BCUT2D eigenvalue weighted by Gasteiger charge is 2.11. The van der Waals surface area contributed by atoms with Crippen molar-refractivity contribution in [3.05, 3.63) is 17.7 Å². The van der Waals surface area contributed by atoms with Gasteiger partial charge in [0.15, 0.2) is 0 Å². The van der Waals surface area contributed by atoms with Crippen LogP contribution in [0.25, 0.3) is 0 Å². The molecule has 0 bridgehead atoms. The van der Waals surface area contributed by atoms with Crippen LogP contribution in [0.3, 0.4) is 0 Å². The number of H-pyrrole nitrogens is 1. The van der Waals surface area contributed by atoms with Crippen LogP contribution in [-0.2, 0) is 17.6 Å². The van der Waals surface area contributed by atoms with E-state index in [1.165, 1.54) is 7.11 Å². The van der Waals surface area contributed by atoms with Gasteiger partial charge in [-0.2, -0.15) is 4.98 Å². The molecule has 0 aliphatic rings. The molecule has 0 saturated carbocycles. The molecular weight excluding hydrogens is 274 g/mol. The quantitative estimate of drug-likeness (QED) is 0.802. The zero-order valence-corrected chi connectivity index (χ0v) is 12.3. The molecule has 2 heterocycles. The number of carbonyl (C=O) groups excluding carboxylic acids is 1. The van der Waals surface area contributed by atoms with Crippen LogP contribution in [0.5, 0.6) is 5.88 Å². The van der Waals surface area contributed by atoms with Gasteiger partial charge in [0.25, 0.3) is 5.88 Å². The summed E-state index contributed by atoms with van der Waals surface area (Å²) in [5.41, 5.74) is 0. The molecule has 8 heteroatoms.